The van der Waals surface area contributed by atoms with Crippen molar-refractivity contribution in [1.29, 1.82) is 0 Å². The number of rotatable bonds is 9. The van der Waals surface area contributed by atoms with Crippen LogP contribution >= 0.6 is 11.8 Å². The van der Waals surface area contributed by atoms with E-state index in [0.717, 1.165) is 47.8 Å². The SMILES string of the molecule is Cc1ccc(C(C)CCN(C)Cc2nnc(SCc3ccncc3)n2C)o1. The van der Waals surface area contributed by atoms with Gasteiger partial charge in [-0.05, 0) is 56.8 Å². The maximum absolute atomic E-state index is 5.73. The highest BCUT2D eigenvalue weighted by atomic mass is 32.2. The molecule has 1 atom stereocenters. The zero-order chi connectivity index (χ0) is 19.2. The van der Waals surface area contributed by atoms with Crippen molar-refractivity contribution in [3.05, 3.63) is 59.6 Å². The molecule has 0 bridgehead atoms. The summed E-state index contributed by atoms with van der Waals surface area (Å²) in [4.78, 5) is 6.34. The fraction of sp³-hybridized carbons (Fsp3) is 0.450. The highest BCUT2D eigenvalue weighted by molar-refractivity contribution is 7.98. The summed E-state index contributed by atoms with van der Waals surface area (Å²) in [5.41, 5.74) is 1.24. The molecule has 0 radical (unpaired) electrons. The first-order valence-corrected chi connectivity index (χ1v) is 10.2. The van der Waals surface area contributed by atoms with Crippen LogP contribution in [-0.2, 0) is 19.3 Å². The summed E-state index contributed by atoms with van der Waals surface area (Å²) in [7, 11) is 4.16. The van der Waals surface area contributed by atoms with Gasteiger partial charge in [-0.15, -0.1) is 10.2 Å². The van der Waals surface area contributed by atoms with Crippen molar-refractivity contribution in [2.24, 2.45) is 7.05 Å². The van der Waals surface area contributed by atoms with Crippen LogP contribution in [0.4, 0.5) is 0 Å². The van der Waals surface area contributed by atoms with Gasteiger partial charge >= 0.3 is 0 Å². The van der Waals surface area contributed by atoms with Gasteiger partial charge in [0.25, 0.3) is 0 Å². The molecule has 0 spiro atoms. The van der Waals surface area contributed by atoms with E-state index in [1.807, 2.05) is 44.6 Å². The minimum absolute atomic E-state index is 0.409. The van der Waals surface area contributed by atoms with E-state index < -0.39 is 0 Å². The van der Waals surface area contributed by atoms with Gasteiger partial charge in [-0.2, -0.15) is 0 Å². The Labute approximate surface area is 165 Å². The average molecular weight is 386 g/mol. The summed E-state index contributed by atoms with van der Waals surface area (Å²) in [5.74, 6) is 4.29. The van der Waals surface area contributed by atoms with Gasteiger partial charge in [0, 0.05) is 31.1 Å². The molecule has 144 valence electrons. The first-order chi connectivity index (χ1) is 13.0. The molecule has 27 heavy (non-hydrogen) atoms. The summed E-state index contributed by atoms with van der Waals surface area (Å²) >= 11 is 1.70. The molecule has 0 fully saturated rings. The third-order valence-corrected chi connectivity index (χ3v) is 5.74. The van der Waals surface area contributed by atoms with E-state index in [9.17, 15) is 0 Å². The van der Waals surface area contributed by atoms with Gasteiger partial charge in [0.1, 0.15) is 17.3 Å². The molecule has 0 saturated carbocycles. The number of hydrogen-bond acceptors (Lipinski definition) is 6. The number of furan rings is 1. The first-order valence-electron chi connectivity index (χ1n) is 9.17. The maximum Gasteiger partial charge on any atom is 0.191 e. The maximum atomic E-state index is 5.73. The van der Waals surface area contributed by atoms with Crippen LogP contribution in [0.15, 0.2) is 46.2 Å². The number of thioether (sulfide) groups is 1. The molecule has 0 aliphatic heterocycles. The highest BCUT2D eigenvalue weighted by Crippen LogP contribution is 2.23. The van der Waals surface area contributed by atoms with Crippen LogP contribution < -0.4 is 0 Å². The molecule has 0 aromatic carbocycles. The van der Waals surface area contributed by atoms with Crippen molar-refractivity contribution in [3.63, 3.8) is 0 Å². The molecule has 0 aliphatic rings. The lowest BCUT2D eigenvalue weighted by molar-refractivity contribution is 0.294. The summed E-state index contributed by atoms with van der Waals surface area (Å²) < 4.78 is 7.82. The molecule has 0 N–H and O–H groups in total. The van der Waals surface area contributed by atoms with Crippen molar-refractivity contribution in [1.82, 2.24) is 24.6 Å². The van der Waals surface area contributed by atoms with Crippen LogP contribution in [0.5, 0.6) is 0 Å². The average Bonchev–Trinajstić information content (AvgIpc) is 3.25. The topological polar surface area (TPSA) is 60.0 Å². The fourth-order valence-electron chi connectivity index (χ4n) is 2.83. The highest BCUT2D eigenvalue weighted by Gasteiger charge is 2.14. The predicted octanol–water partition coefficient (Wildman–Crippen LogP) is 4.03. The summed E-state index contributed by atoms with van der Waals surface area (Å²) in [6.07, 6.45) is 4.68. The summed E-state index contributed by atoms with van der Waals surface area (Å²) in [5, 5.41) is 9.66. The standard InChI is InChI=1S/C20H27N5OS/c1-15(18-6-5-16(2)26-18)9-12-24(3)13-19-22-23-20(25(19)4)27-14-17-7-10-21-11-8-17/h5-8,10-11,15H,9,12-14H2,1-4H3. The van der Waals surface area contributed by atoms with Crippen LogP contribution in [0.25, 0.3) is 0 Å². The second-order valence-electron chi connectivity index (χ2n) is 6.98. The second kappa shape index (κ2) is 9.19. The van der Waals surface area contributed by atoms with E-state index >= 15 is 0 Å². The van der Waals surface area contributed by atoms with Gasteiger partial charge < -0.3 is 8.98 Å². The summed E-state index contributed by atoms with van der Waals surface area (Å²) in [6.45, 7) is 5.96. The van der Waals surface area contributed by atoms with Gasteiger partial charge in [0.05, 0.1) is 6.54 Å². The van der Waals surface area contributed by atoms with E-state index in [4.69, 9.17) is 4.42 Å². The molecule has 0 amide bonds. The Bertz CT molecular complexity index is 845. The fourth-order valence-corrected chi connectivity index (χ4v) is 3.72. The van der Waals surface area contributed by atoms with E-state index in [1.165, 1.54) is 5.56 Å². The lowest BCUT2D eigenvalue weighted by Gasteiger charge is -2.18. The molecule has 3 aromatic rings. The molecule has 3 heterocycles. The molecule has 3 rings (SSSR count). The quantitative estimate of drug-likeness (QED) is 0.518. The molecule has 6 nitrogen and oxygen atoms in total. The smallest absolute Gasteiger partial charge is 0.191 e. The Kier molecular flexibility index (Phi) is 6.68. The number of aromatic nitrogens is 4. The zero-order valence-electron chi connectivity index (χ0n) is 16.4. The molecule has 7 heteroatoms. The van der Waals surface area contributed by atoms with Gasteiger partial charge in [0.15, 0.2) is 5.16 Å². The molecule has 3 aromatic heterocycles. The van der Waals surface area contributed by atoms with Crippen LogP contribution in [0, 0.1) is 6.92 Å². The molecule has 1 unspecified atom stereocenters. The van der Waals surface area contributed by atoms with Crippen molar-refractivity contribution < 1.29 is 4.42 Å². The lowest BCUT2D eigenvalue weighted by atomic mass is 10.1. The number of nitrogens with zero attached hydrogens (tertiary/aromatic N) is 5. The van der Waals surface area contributed by atoms with E-state index in [1.54, 1.807) is 11.8 Å². The van der Waals surface area contributed by atoms with Gasteiger partial charge in [-0.1, -0.05) is 18.7 Å². The minimum Gasteiger partial charge on any atom is -0.466 e. The Balaban J connectivity index is 1.49. The third-order valence-electron chi connectivity index (χ3n) is 4.64. The van der Waals surface area contributed by atoms with Crippen LogP contribution in [0.2, 0.25) is 0 Å². The van der Waals surface area contributed by atoms with Gasteiger partial charge in [0.2, 0.25) is 0 Å². The number of pyridine rings is 1. The number of hydrogen-bond donors (Lipinski definition) is 0. The largest absolute Gasteiger partial charge is 0.466 e. The van der Waals surface area contributed by atoms with Crippen molar-refractivity contribution >= 4 is 11.8 Å². The lowest BCUT2D eigenvalue weighted by Crippen LogP contribution is -2.22. The van der Waals surface area contributed by atoms with E-state index in [-0.39, 0.29) is 0 Å². The van der Waals surface area contributed by atoms with Crippen LogP contribution in [-0.4, -0.2) is 38.2 Å². The molecular formula is C20H27N5OS. The Morgan fingerprint density at radius 3 is 2.67 bits per heavy atom. The van der Waals surface area contributed by atoms with Gasteiger partial charge in [-0.25, -0.2) is 0 Å². The first kappa shape index (κ1) is 19.6. The number of aryl methyl sites for hydroxylation is 1. The third kappa shape index (κ3) is 5.43. The van der Waals surface area contributed by atoms with Crippen molar-refractivity contribution in [2.45, 2.75) is 43.6 Å². The summed E-state index contributed by atoms with van der Waals surface area (Å²) in [6, 6.07) is 8.16. The van der Waals surface area contributed by atoms with E-state index in [2.05, 4.69) is 44.7 Å². The zero-order valence-corrected chi connectivity index (χ0v) is 17.2. The normalized spacial score (nSPS) is 12.6. The van der Waals surface area contributed by atoms with E-state index in [0.29, 0.717) is 5.92 Å². The van der Waals surface area contributed by atoms with Crippen LogP contribution in [0.3, 0.4) is 0 Å². The second-order valence-corrected chi connectivity index (χ2v) is 7.92. The molecular weight excluding hydrogens is 358 g/mol. The Morgan fingerprint density at radius 1 is 1.19 bits per heavy atom. The van der Waals surface area contributed by atoms with Crippen LogP contribution in [0.1, 0.15) is 42.2 Å². The van der Waals surface area contributed by atoms with Gasteiger partial charge in [-0.3, -0.25) is 9.88 Å². The minimum atomic E-state index is 0.409. The Hall–Kier alpha value is -2.12. The monoisotopic (exact) mass is 385 g/mol. The van der Waals surface area contributed by atoms with Crippen molar-refractivity contribution in [3.8, 4) is 0 Å². The molecule has 0 aliphatic carbocycles. The van der Waals surface area contributed by atoms with Crippen molar-refractivity contribution in [2.75, 3.05) is 13.6 Å². The Morgan fingerprint density at radius 2 is 1.96 bits per heavy atom. The predicted molar refractivity (Wildman–Crippen MR) is 108 cm³/mol. The molecule has 0 saturated heterocycles.